The number of hydrogen-bond donors (Lipinski definition) is 2. The first-order valence-electron chi connectivity index (χ1n) is 11.8. The Morgan fingerprint density at radius 2 is 1.42 bits per heavy atom. The Balaban J connectivity index is 1.43. The number of hydrogen-bond acceptors (Lipinski definition) is 6. The van der Waals surface area contributed by atoms with Crippen molar-refractivity contribution < 1.29 is 28.6 Å². The van der Waals surface area contributed by atoms with Gasteiger partial charge in [0.1, 0.15) is 11.5 Å². The quantitative estimate of drug-likeness (QED) is 0.307. The van der Waals surface area contributed by atoms with E-state index >= 15 is 0 Å². The highest BCUT2D eigenvalue weighted by Gasteiger charge is 2.19. The first-order valence-corrected chi connectivity index (χ1v) is 11.8. The third kappa shape index (κ3) is 7.87. The molecule has 2 amide bonds. The fraction of sp³-hybridized carbons (Fsp3) is 0.250. The maximum atomic E-state index is 12.5. The Hall–Kier alpha value is -4.33. The number of esters is 1. The summed E-state index contributed by atoms with van der Waals surface area (Å²) in [5.74, 6) is -0.487. The smallest absolute Gasteiger partial charge is 0.338 e. The van der Waals surface area contributed by atoms with E-state index in [0.717, 1.165) is 17.5 Å². The molecule has 0 aliphatic heterocycles. The summed E-state index contributed by atoms with van der Waals surface area (Å²) in [7, 11) is 0. The number of carbonyl (C=O) groups is 3. The van der Waals surface area contributed by atoms with Gasteiger partial charge in [0.25, 0.3) is 11.8 Å². The Kier molecular flexibility index (Phi) is 9.88. The average Bonchev–Trinajstić information content (AvgIpc) is 2.93. The number of ether oxygens (including phenoxy) is 3. The molecule has 0 radical (unpaired) electrons. The van der Waals surface area contributed by atoms with Gasteiger partial charge < -0.3 is 14.2 Å². The molecule has 0 spiro atoms. The van der Waals surface area contributed by atoms with Crippen LogP contribution in [-0.2, 0) is 14.3 Å². The van der Waals surface area contributed by atoms with E-state index in [1.807, 2.05) is 56.3 Å². The van der Waals surface area contributed by atoms with Crippen LogP contribution in [0.5, 0.6) is 11.5 Å². The van der Waals surface area contributed by atoms with Crippen LogP contribution in [0.1, 0.15) is 37.0 Å². The molecule has 8 heteroatoms. The van der Waals surface area contributed by atoms with Gasteiger partial charge in [0.2, 0.25) is 0 Å². The van der Waals surface area contributed by atoms with Gasteiger partial charge in [0.05, 0.1) is 12.2 Å². The van der Waals surface area contributed by atoms with Crippen molar-refractivity contribution >= 4 is 17.8 Å². The lowest BCUT2D eigenvalue weighted by molar-refractivity contribution is -0.134. The molecule has 3 aromatic carbocycles. The molecule has 1 atom stereocenters. The Labute approximate surface area is 210 Å². The van der Waals surface area contributed by atoms with Crippen molar-refractivity contribution in [1.29, 1.82) is 0 Å². The van der Waals surface area contributed by atoms with Crippen molar-refractivity contribution in [2.75, 3.05) is 13.2 Å². The van der Waals surface area contributed by atoms with E-state index < -0.39 is 23.9 Å². The average molecular weight is 491 g/mol. The van der Waals surface area contributed by atoms with Gasteiger partial charge >= 0.3 is 5.97 Å². The maximum absolute atomic E-state index is 12.5. The summed E-state index contributed by atoms with van der Waals surface area (Å²) in [5.41, 5.74) is 7.21. The number of hydrazine groups is 1. The monoisotopic (exact) mass is 490 g/mol. The van der Waals surface area contributed by atoms with Crippen LogP contribution in [0, 0.1) is 0 Å². The Morgan fingerprint density at radius 3 is 2.06 bits per heavy atom. The summed E-state index contributed by atoms with van der Waals surface area (Å²) in [6.45, 7) is 3.76. The minimum Gasteiger partial charge on any atom is -0.484 e. The second-order valence-electron chi connectivity index (χ2n) is 7.89. The van der Waals surface area contributed by atoms with Gasteiger partial charge in [-0.3, -0.25) is 20.4 Å². The van der Waals surface area contributed by atoms with Gasteiger partial charge in [-0.2, -0.15) is 0 Å². The zero-order valence-electron chi connectivity index (χ0n) is 20.4. The number of amides is 2. The molecule has 2 N–H and O–H groups in total. The van der Waals surface area contributed by atoms with E-state index in [1.54, 1.807) is 36.4 Å². The Morgan fingerprint density at radius 1 is 0.778 bits per heavy atom. The zero-order chi connectivity index (χ0) is 25.8. The molecule has 8 nitrogen and oxygen atoms in total. The molecular formula is C28H30N2O6. The number of rotatable bonds is 11. The van der Waals surface area contributed by atoms with Crippen molar-refractivity contribution in [3.63, 3.8) is 0 Å². The standard InChI is InChI=1S/C28H30N2O6/c1-3-18-34-28(33)22-12-14-23(15-13-22)35-19-26(31)29-30-27(32)25(4-2)36-24-16-10-21(11-17-24)20-8-6-5-7-9-20/h5-17,25H,3-4,18-19H2,1-2H3,(H,29,31)(H,30,32). The highest BCUT2D eigenvalue weighted by molar-refractivity contribution is 5.89. The Bertz CT molecular complexity index is 1130. The molecule has 0 fully saturated rings. The molecule has 0 aliphatic carbocycles. The van der Waals surface area contributed by atoms with Crippen LogP contribution in [0.3, 0.4) is 0 Å². The first kappa shape index (κ1) is 26.3. The van der Waals surface area contributed by atoms with E-state index in [2.05, 4.69) is 10.9 Å². The van der Waals surface area contributed by atoms with E-state index in [0.29, 0.717) is 30.1 Å². The fourth-order valence-electron chi connectivity index (χ4n) is 3.21. The van der Waals surface area contributed by atoms with Crippen molar-refractivity contribution in [1.82, 2.24) is 10.9 Å². The second kappa shape index (κ2) is 13.5. The molecule has 0 aliphatic rings. The highest BCUT2D eigenvalue weighted by Crippen LogP contribution is 2.23. The number of carbonyl (C=O) groups excluding carboxylic acids is 3. The third-order valence-corrected chi connectivity index (χ3v) is 5.13. The summed E-state index contributed by atoms with van der Waals surface area (Å²) >= 11 is 0. The minimum absolute atomic E-state index is 0.321. The molecule has 0 heterocycles. The van der Waals surface area contributed by atoms with Gasteiger partial charge in [-0.05, 0) is 60.4 Å². The lowest BCUT2D eigenvalue weighted by Gasteiger charge is -2.18. The van der Waals surface area contributed by atoms with Crippen molar-refractivity contribution in [3.05, 3.63) is 84.4 Å². The molecule has 0 bridgehead atoms. The van der Waals surface area contributed by atoms with E-state index in [4.69, 9.17) is 14.2 Å². The van der Waals surface area contributed by atoms with Crippen LogP contribution in [0.15, 0.2) is 78.9 Å². The molecule has 3 rings (SSSR count). The van der Waals surface area contributed by atoms with Gasteiger partial charge in [0.15, 0.2) is 12.7 Å². The normalized spacial score (nSPS) is 11.2. The van der Waals surface area contributed by atoms with Gasteiger partial charge in [0, 0.05) is 0 Å². The van der Waals surface area contributed by atoms with Gasteiger partial charge in [-0.1, -0.05) is 56.3 Å². The largest absolute Gasteiger partial charge is 0.484 e. The maximum Gasteiger partial charge on any atom is 0.338 e. The van der Waals surface area contributed by atoms with Crippen LogP contribution < -0.4 is 20.3 Å². The van der Waals surface area contributed by atoms with E-state index in [1.165, 1.54) is 0 Å². The SMILES string of the molecule is CCCOC(=O)c1ccc(OCC(=O)NNC(=O)C(CC)Oc2ccc(-c3ccccc3)cc2)cc1. The fourth-order valence-corrected chi connectivity index (χ4v) is 3.21. The van der Waals surface area contributed by atoms with Crippen LogP contribution in [-0.4, -0.2) is 37.1 Å². The number of benzene rings is 3. The topological polar surface area (TPSA) is 103 Å². The molecule has 188 valence electrons. The summed E-state index contributed by atoms with van der Waals surface area (Å²) < 4.78 is 16.3. The first-order chi connectivity index (χ1) is 17.5. The van der Waals surface area contributed by atoms with Crippen LogP contribution in [0.25, 0.3) is 11.1 Å². The highest BCUT2D eigenvalue weighted by atomic mass is 16.5. The molecule has 36 heavy (non-hydrogen) atoms. The second-order valence-corrected chi connectivity index (χ2v) is 7.89. The van der Waals surface area contributed by atoms with Crippen molar-refractivity contribution in [3.8, 4) is 22.6 Å². The zero-order valence-corrected chi connectivity index (χ0v) is 20.4. The van der Waals surface area contributed by atoms with Gasteiger partial charge in [-0.15, -0.1) is 0 Å². The summed E-state index contributed by atoms with van der Waals surface area (Å²) in [6.07, 6.45) is 0.367. The van der Waals surface area contributed by atoms with Crippen LogP contribution >= 0.6 is 0 Å². The van der Waals surface area contributed by atoms with E-state index in [-0.39, 0.29) is 6.61 Å². The van der Waals surface area contributed by atoms with Gasteiger partial charge in [-0.25, -0.2) is 4.79 Å². The number of nitrogens with one attached hydrogen (secondary N) is 2. The van der Waals surface area contributed by atoms with Crippen LogP contribution in [0.4, 0.5) is 0 Å². The molecule has 0 saturated carbocycles. The molecule has 0 aromatic heterocycles. The molecule has 1 unspecified atom stereocenters. The summed E-state index contributed by atoms with van der Waals surface area (Å²) in [4.78, 5) is 36.4. The third-order valence-electron chi connectivity index (χ3n) is 5.13. The summed E-state index contributed by atoms with van der Waals surface area (Å²) in [6, 6.07) is 23.7. The minimum atomic E-state index is -0.784. The molecular weight excluding hydrogens is 460 g/mol. The van der Waals surface area contributed by atoms with E-state index in [9.17, 15) is 14.4 Å². The van der Waals surface area contributed by atoms with Crippen LogP contribution in [0.2, 0.25) is 0 Å². The molecule has 0 saturated heterocycles. The summed E-state index contributed by atoms with van der Waals surface area (Å²) in [5, 5.41) is 0. The molecule has 3 aromatic rings. The van der Waals surface area contributed by atoms with Crippen molar-refractivity contribution in [2.24, 2.45) is 0 Å². The predicted molar refractivity (Wildman–Crippen MR) is 135 cm³/mol. The van der Waals surface area contributed by atoms with Crippen molar-refractivity contribution in [2.45, 2.75) is 32.8 Å². The lowest BCUT2D eigenvalue weighted by atomic mass is 10.1. The lowest BCUT2D eigenvalue weighted by Crippen LogP contribution is -2.49. The predicted octanol–water partition coefficient (Wildman–Crippen LogP) is 4.30.